The molecule has 0 atom stereocenters. The molecule has 0 aromatic heterocycles. The Balaban J connectivity index is 4.33. The van der Waals surface area contributed by atoms with Gasteiger partial charge in [0.1, 0.15) is 6.61 Å². The normalized spacial score (nSPS) is 10.8. The first-order chi connectivity index (χ1) is 8.95. The molecule has 0 saturated heterocycles. The summed E-state index contributed by atoms with van der Waals surface area (Å²) >= 11 is 0. The Morgan fingerprint density at radius 3 is 2.26 bits per heavy atom. The second-order valence-corrected chi connectivity index (χ2v) is 4.86. The molecule has 0 spiro atoms. The van der Waals surface area contributed by atoms with Crippen molar-refractivity contribution in [3.8, 4) is 0 Å². The summed E-state index contributed by atoms with van der Waals surface area (Å²) in [5, 5.41) is 0. The molecule has 0 aromatic carbocycles. The summed E-state index contributed by atoms with van der Waals surface area (Å²) in [6, 6.07) is 0. The van der Waals surface area contributed by atoms with Crippen molar-refractivity contribution in [3.63, 3.8) is 0 Å². The quantitative estimate of drug-likeness (QED) is 0.340. The SMILES string of the molecule is C=CC(=C)CCC=C(CCC=C(C)C)COC(C)=O. The first-order valence-electron chi connectivity index (χ1n) is 6.70. The second kappa shape index (κ2) is 10.4. The zero-order valence-electron chi connectivity index (χ0n) is 12.5. The third-order valence-corrected chi connectivity index (χ3v) is 2.67. The Morgan fingerprint density at radius 1 is 1.11 bits per heavy atom. The molecule has 0 amide bonds. The highest BCUT2D eigenvalue weighted by Crippen LogP contribution is 2.12. The maximum Gasteiger partial charge on any atom is 0.302 e. The lowest BCUT2D eigenvalue weighted by Crippen LogP contribution is -2.03. The molecule has 19 heavy (non-hydrogen) atoms. The Bertz CT molecular complexity index is 369. The lowest BCUT2D eigenvalue weighted by Gasteiger charge is -2.07. The van der Waals surface area contributed by atoms with E-state index >= 15 is 0 Å². The van der Waals surface area contributed by atoms with Crippen molar-refractivity contribution in [3.05, 3.63) is 48.1 Å². The number of allylic oxidation sites excluding steroid dienone is 5. The fourth-order valence-electron chi connectivity index (χ4n) is 1.54. The van der Waals surface area contributed by atoms with Crippen molar-refractivity contribution < 1.29 is 9.53 Å². The van der Waals surface area contributed by atoms with Crippen LogP contribution in [0.1, 0.15) is 46.5 Å². The van der Waals surface area contributed by atoms with Crippen LogP contribution in [0.15, 0.2) is 48.1 Å². The lowest BCUT2D eigenvalue weighted by atomic mass is 10.1. The minimum absolute atomic E-state index is 0.233. The molecular formula is C17H26O2. The summed E-state index contributed by atoms with van der Waals surface area (Å²) < 4.78 is 5.07. The molecule has 0 rings (SSSR count). The minimum atomic E-state index is -0.233. The summed E-state index contributed by atoms with van der Waals surface area (Å²) in [5.41, 5.74) is 3.52. The van der Waals surface area contributed by atoms with Gasteiger partial charge in [-0.05, 0) is 45.1 Å². The van der Waals surface area contributed by atoms with Crippen LogP contribution < -0.4 is 0 Å². The van der Waals surface area contributed by atoms with Gasteiger partial charge in [0.25, 0.3) is 0 Å². The smallest absolute Gasteiger partial charge is 0.302 e. The van der Waals surface area contributed by atoms with E-state index in [-0.39, 0.29) is 5.97 Å². The van der Waals surface area contributed by atoms with Crippen LogP contribution in [0.25, 0.3) is 0 Å². The molecule has 0 saturated carbocycles. The van der Waals surface area contributed by atoms with Crippen molar-refractivity contribution in [2.75, 3.05) is 6.61 Å². The van der Waals surface area contributed by atoms with Crippen molar-refractivity contribution in [2.45, 2.75) is 46.5 Å². The van der Waals surface area contributed by atoms with Crippen molar-refractivity contribution in [1.82, 2.24) is 0 Å². The van der Waals surface area contributed by atoms with Crippen LogP contribution in [0.3, 0.4) is 0 Å². The predicted octanol–water partition coefficient (Wildman–Crippen LogP) is 4.74. The van der Waals surface area contributed by atoms with Gasteiger partial charge >= 0.3 is 5.97 Å². The molecule has 106 valence electrons. The highest BCUT2D eigenvalue weighted by Gasteiger charge is 2.00. The van der Waals surface area contributed by atoms with E-state index in [0.29, 0.717) is 6.61 Å². The average molecular weight is 262 g/mol. The Labute approximate surface area is 117 Å². The number of hydrogen-bond acceptors (Lipinski definition) is 2. The van der Waals surface area contributed by atoms with Crippen molar-refractivity contribution in [1.29, 1.82) is 0 Å². The van der Waals surface area contributed by atoms with E-state index in [9.17, 15) is 4.79 Å². The molecule has 0 aliphatic carbocycles. The number of rotatable bonds is 9. The van der Waals surface area contributed by atoms with E-state index < -0.39 is 0 Å². The number of ether oxygens (including phenoxy) is 1. The van der Waals surface area contributed by atoms with Gasteiger partial charge in [0.05, 0.1) is 0 Å². The van der Waals surface area contributed by atoms with Crippen LogP contribution in [0.5, 0.6) is 0 Å². The summed E-state index contributed by atoms with van der Waals surface area (Å²) in [6.07, 6.45) is 9.85. The van der Waals surface area contributed by atoms with Crippen LogP contribution >= 0.6 is 0 Å². The first-order valence-corrected chi connectivity index (χ1v) is 6.70. The molecule has 2 nitrogen and oxygen atoms in total. The van der Waals surface area contributed by atoms with Crippen LogP contribution in [0, 0.1) is 0 Å². The molecule has 0 bridgehead atoms. The van der Waals surface area contributed by atoms with Gasteiger partial charge in [-0.25, -0.2) is 0 Å². The number of carbonyl (C=O) groups excluding carboxylic acids is 1. The standard InChI is InChI=1S/C17H26O2/c1-6-15(4)10-8-12-17(13-19-16(5)18)11-7-9-14(2)3/h6,9,12H,1,4,7-8,10-11,13H2,2-3,5H3. The van der Waals surface area contributed by atoms with Crippen molar-refractivity contribution >= 4 is 5.97 Å². The third kappa shape index (κ3) is 11.3. The highest BCUT2D eigenvalue weighted by molar-refractivity contribution is 5.66. The third-order valence-electron chi connectivity index (χ3n) is 2.67. The zero-order valence-corrected chi connectivity index (χ0v) is 12.5. The minimum Gasteiger partial charge on any atom is -0.461 e. The molecule has 0 aliphatic heterocycles. The fraction of sp³-hybridized carbons (Fsp3) is 0.471. The summed E-state index contributed by atoms with van der Waals surface area (Å²) in [4.78, 5) is 10.9. The first kappa shape index (κ1) is 17.4. The van der Waals surface area contributed by atoms with Crippen LogP contribution in [0.2, 0.25) is 0 Å². The Kier molecular flexibility index (Phi) is 9.51. The molecule has 0 radical (unpaired) electrons. The van der Waals surface area contributed by atoms with E-state index in [1.165, 1.54) is 18.1 Å². The van der Waals surface area contributed by atoms with E-state index in [1.54, 1.807) is 6.08 Å². The Morgan fingerprint density at radius 2 is 1.74 bits per heavy atom. The average Bonchev–Trinajstić information content (AvgIpc) is 2.34. The van der Waals surface area contributed by atoms with E-state index in [2.05, 4.69) is 39.2 Å². The monoisotopic (exact) mass is 262 g/mol. The van der Waals surface area contributed by atoms with Gasteiger partial charge < -0.3 is 4.74 Å². The van der Waals surface area contributed by atoms with Gasteiger partial charge in [0.15, 0.2) is 0 Å². The topological polar surface area (TPSA) is 26.3 Å². The summed E-state index contributed by atoms with van der Waals surface area (Å²) in [6.45, 7) is 13.6. The predicted molar refractivity (Wildman–Crippen MR) is 82.0 cm³/mol. The van der Waals surface area contributed by atoms with Gasteiger partial charge in [-0.3, -0.25) is 4.79 Å². The van der Waals surface area contributed by atoms with E-state index in [1.807, 2.05) is 0 Å². The van der Waals surface area contributed by atoms with Gasteiger partial charge in [-0.15, -0.1) is 0 Å². The zero-order chi connectivity index (χ0) is 14.7. The molecule has 0 fully saturated rings. The van der Waals surface area contributed by atoms with E-state index in [0.717, 1.165) is 31.3 Å². The van der Waals surface area contributed by atoms with Crippen LogP contribution in [-0.2, 0) is 9.53 Å². The molecule has 0 aliphatic rings. The summed E-state index contributed by atoms with van der Waals surface area (Å²) in [5.74, 6) is -0.233. The molecule has 0 heterocycles. The second-order valence-electron chi connectivity index (χ2n) is 4.86. The van der Waals surface area contributed by atoms with Gasteiger partial charge in [-0.1, -0.05) is 42.5 Å². The van der Waals surface area contributed by atoms with Gasteiger partial charge in [-0.2, -0.15) is 0 Å². The fourth-order valence-corrected chi connectivity index (χ4v) is 1.54. The van der Waals surface area contributed by atoms with Crippen LogP contribution in [-0.4, -0.2) is 12.6 Å². The number of hydrogen-bond donors (Lipinski definition) is 0. The van der Waals surface area contributed by atoms with Crippen LogP contribution in [0.4, 0.5) is 0 Å². The molecule has 0 unspecified atom stereocenters. The maximum absolute atomic E-state index is 10.9. The molecule has 0 aromatic rings. The molecular weight excluding hydrogens is 236 g/mol. The molecule has 2 heteroatoms. The highest BCUT2D eigenvalue weighted by atomic mass is 16.5. The number of carbonyl (C=O) groups is 1. The number of esters is 1. The molecule has 0 N–H and O–H groups in total. The Hall–Kier alpha value is -1.57. The lowest BCUT2D eigenvalue weighted by molar-refractivity contribution is -0.140. The van der Waals surface area contributed by atoms with Gasteiger partial charge in [0.2, 0.25) is 0 Å². The maximum atomic E-state index is 10.9. The largest absolute Gasteiger partial charge is 0.461 e. The van der Waals surface area contributed by atoms with E-state index in [4.69, 9.17) is 4.74 Å². The summed E-state index contributed by atoms with van der Waals surface area (Å²) in [7, 11) is 0. The van der Waals surface area contributed by atoms with Crippen molar-refractivity contribution in [2.24, 2.45) is 0 Å². The van der Waals surface area contributed by atoms with Gasteiger partial charge in [0, 0.05) is 6.92 Å².